The maximum absolute atomic E-state index is 6.02. The van der Waals surface area contributed by atoms with E-state index in [0.29, 0.717) is 0 Å². The number of benzene rings is 1. The zero-order valence-electron chi connectivity index (χ0n) is 11.8. The molecule has 1 aliphatic heterocycles. The van der Waals surface area contributed by atoms with Gasteiger partial charge in [0.1, 0.15) is 0 Å². The molecule has 1 aromatic rings. The standard InChI is InChI=1S/C15H22ClIN2/c1-15(2,3)18-9-11-6-7-19(10-11)14-5-4-12(16)8-13(14)17/h4-5,8,11,18H,6-7,9-10H2,1-3H3. The fourth-order valence-electron chi connectivity index (χ4n) is 2.41. The van der Waals surface area contributed by atoms with Crippen LogP contribution in [0.1, 0.15) is 27.2 Å². The van der Waals surface area contributed by atoms with Gasteiger partial charge in [0.05, 0.1) is 5.69 Å². The lowest BCUT2D eigenvalue weighted by Gasteiger charge is -2.24. The van der Waals surface area contributed by atoms with Crippen LogP contribution in [-0.2, 0) is 0 Å². The minimum Gasteiger partial charge on any atom is -0.370 e. The third kappa shape index (κ3) is 4.50. The molecule has 0 bridgehead atoms. The van der Waals surface area contributed by atoms with Crippen molar-refractivity contribution < 1.29 is 0 Å². The van der Waals surface area contributed by atoms with Gasteiger partial charge in [0.15, 0.2) is 0 Å². The van der Waals surface area contributed by atoms with Crippen molar-refractivity contribution in [3.05, 3.63) is 26.8 Å². The Morgan fingerprint density at radius 3 is 2.79 bits per heavy atom. The fourth-order valence-corrected chi connectivity index (χ4v) is 3.62. The van der Waals surface area contributed by atoms with E-state index in [1.807, 2.05) is 12.1 Å². The molecule has 0 amide bonds. The molecule has 1 atom stereocenters. The summed E-state index contributed by atoms with van der Waals surface area (Å²) in [5, 5.41) is 4.43. The molecule has 106 valence electrons. The van der Waals surface area contributed by atoms with Gasteiger partial charge in [0, 0.05) is 33.8 Å². The van der Waals surface area contributed by atoms with Crippen LogP contribution in [0.25, 0.3) is 0 Å². The Kier molecular flexibility index (Phi) is 5.01. The normalized spacial score (nSPS) is 20.1. The predicted octanol–water partition coefficient (Wildman–Crippen LogP) is 4.16. The zero-order chi connectivity index (χ0) is 14.0. The highest BCUT2D eigenvalue weighted by molar-refractivity contribution is 14.1. The highest BCUT2D eigenvalue weighted by Gasteiger charge is 2.24. The minimum absolute atomic E-state index is 0.210. The highest BCUT2D eigenvalue weighted by Crippen LogP contribution is 2.30. The van der Waals surface area contributed by atoms with E-state index in [-0.39, 0.29) is 5.54 Å². The lowest BCUT2D eigenvalue weighted by atomic mass is 10.1. The smallest absolute Gasteiger partial charge is 0.0503 e. The lowest BCUT2D eigenvalue weighted by molar-refractivity contribution is 0.383. The molecule has 2 rings (SSSR count). The van der Waals surface area contributed by atoms with E-state index in [9.17, 15) is 0 Å². The Balaban J connectivity index is 1.94. The second-order valence-corrected chi connectivity index (χ2v) is 7.93. The molecule has 1 aromatic carbocycles. The van der Waals surface area contributed by atoms with E-state index in [2.05, 4.69) is 59.6 Å². The summed E-state index contributed by atoms with van der Waals surface area (Å²) in [7, 11) is 0. The topological polar surface area (TPSA) is 15.3 Å². The molecular formula is C15H22ClIN2. The van der Waals surface area contributed by atoms with Gasteiger partial charge in [-0.3, -0.25) is 0 Å². The van der Waals surface area contributed by atoms with E-state index < -0.39 is 0 Å². The maximum atomic E-state index is 6.02. The summed E-state index contributed by atoms with van der Waals surface area (Å²) in [5.41, 5.74) is 1.53. The lowest BCUT2D eigenvalue weighted by Crippen LogP contribution is -2.39. The van der Waals surface area contributed by atoms with Crippen LogP contribution < -0.4 is 10.2 Å². The molecule has 1 unspecified atom stereocenters. The van der Waals surface area contributed by atoms with Gasteiger partial charge >= 0.3 is 0 Å². The van der Waals surface area contributed by atoms with Gasteiger partial charge in [-0.15, -0.1) is 0 Å². The quantitative estimate of drug-likeness (QED) is 0.777. The summed E-state index contributed by atoms with van der Waals surface area (Å²) >= 11 is 8.39. The average Bonchev–Trinajstić information content (AvgIpc) is 2.74. The molecule has 1 heterocycles. The van der Waals surface area contributed by atoms with E-state index in [1.165, 1.54) is 15.7 Å². The largest absolute Gasteiger partial charge is 0.370 e. The molecular weight excluding hydrogens is 371 g/mol. The van der Waals surface area contributed by atoms with Crippen molar-refractivity contribution in [3.63, 3.8) is 0 Å². The van der Waals surface area contributed by atoms with Gasteiger partial charge in [-0.1, -0.05) is 11.6 Å². The van der Waals surface area contributed by atoms with Gasteiger partial charge in [0.2, 0.25) is 0 Å². The Hall–Kier alpha value is -0.000000000000000111. The second kappa shape index (κ2) is 6.19. The molecule has 0 aromatic heterocycles. The third-order valence-electron chi connectivity index (χ3n) is 3.46. The van der Waals surface area contributed by atoms with E-state index in [0.717, 1.165) is 30.6 Å². The van der Waals surface area contributed by atoms with Crippen LogP contribution in [0.15, 0.2) is 18.2 Å². The molecule has 0 spiro atoms. The van der Waals surface area contributed by atoms with Crippen molar-refractivity contribution in [3.8, 4) is 0 Å². The van der Waals surface area contributed by atoms with Crippen LogP contribution in [0.3, 0.4) is 0 Å². The number of nitrogens with one attached hydrogen (secondary N) is 1. The van der Waals surface area contributed by atoms with Crippen LogP contribution in [-0.4, -0.2) is 25.2 Å². The third-order valence-corrected chi connectivity index (χ3v) is 4.56. The Morgan fingerprint density at radius 2 is 2.16 bits per heavy atom. The van der Waals surface area contributed by atoms with Crippen molar-refractivity contribution >= 4 is 39.9 Å². The van der Waals surface area contributed by atoms with Crippen molar-refractivity contribution in [1.29, 1.82) is 0 Å². The van der Waals surface area contributed by atoms with Crippen LogP contribution in [0.4, 0.5) is 5.69 Å². The fraction of sp³-hybridized carbons (Fsp3) is 0.600. The van der Waals surface area contributed by atoms with Crippen LogP contribution in [0, 0.1) is 9.49 Å². The van der Waals surface area contributed by atoms with Gasteiger partial charge in [-0.05, 0) is 73.9 Å². The van der Waals surface area contributed by atoms with Crippen LogP contribution in [0.2, 0.25) is 5.02 Å². The van der Waals surface area contributed by atoms with Crippen molar-refractivity contribution in [1.82, 2.24) is 5.32 Å². The number of nitrogens with zero attached hydrogens (tertiary/aromatic N) is 1. The van der Waals surface area contributed by atoms with Crippen molar-refractivity contribution in [2.24, 2.45) is 5.92 Å². The average molecular weight is 393 g/mol. The number of hydrogen-bond acceptors (Lipinski definition) is 2. The zero-order valence-corrected chi connectivity index (χ0v) is 14.8. The first kappa shape index (κ1) is 15.4. The summed E-state index contributed by atoms with van der Waals surface area (Å²) in [6.45, 7) is 10.1. The summed E-state index contributed by atoms with van der Waals surface area (Å²) in [6.07, 6.45) is 1.27. The number of anilines is 1. The number of rotatable bonds is 3. The molecule has 1 N–H and O–H groups in total. The summed E-state index contributed by atoms with van der Waals surface area (Å²) in [4.78, 5) is 2.48. The van der Waals surface area contributed by atoms with E-state index >= 15 is 0 Å². The monoisotopic (exact) mass is 392 g/mol. The molecule has 1 fully saturated rings. The van der Waals surface area contributed by atoms with Gasteiger partial charge in [0.25, 0.3) is 0 Å². The maximum Gasteiger partial charge on any atom is 0.0503 e. The van der Waals surface area contributed by atoms with Gasteiger partial charge in [-0.25, -0.2) is 0 Å². The Morgan fingerprint density at radius 1 is 1.42 bits per heavy atom. The van der Waals surface area contributed by atoms with Crippen molar-refractivity contribution in [2.45, 2.75) is 32.7 Å². The van der Waals surface area contributed by atoms with Crippen molar-refractivity contribution in [2.75, 3.05) is 24.5 Å². The van der Waals surface area contributed by atoms with E-state index in [1.54, 1.807) is 0 Å². The molecule has 0 radical (unpaired) electrons. The Bertz CT molecular complexity index is 442. The molecule has 19 heavy (non-hydrogen) atoms. The first-order valence-corrected chi connectivity index (χ1v) is 8.26. The van der Waals surface area contributed by atoms with Crippen LogP contribution >= 0.6 is 34.2 Å². The Labute approximate surface area is 135 Å². The predicted molar refractivity (Wildman–Crippen MR) is 92.2 cm³/mol. The first-order chi connectivity index (χ1) is 8.85. The summed E-state index contributed by atoms with van der Waals surface area (Å²) in [6, 6.07) is 6.17. The molecule has 4 heteroatoms. The molecule has 1 aliphatic rings. The molecule has 1 saturated heterocycles. The second-order valence-electron chi connectivity index (χ2n) is 6.33. The summed E-state index contributed by atoms with van der Waals surface area (Å²) < 4.78 is 1.24. The number of hydrogen-bond donors (Lipinski definition) is 1. The van der Waals surface area contributed by atoms with Gasteiger partial charge in [-0.2, -0.15) is 0 Å². The first-order valence-electron chi connectivity index (χ1n) is 6.80. The van der Waals surface area contributed by atoms with Gasteiger partial charge < -0.3 is 10.2 Å². The number of halogens is 2. The highest BCUT2D eigenvalue weighted by atomic mass is 127. The SMILES string of the molecule is CC(C)(C)NCC1CCN(c2ccc(Cl)cc2I)C1. The van der Waals surface area contributed by atoms with Crippen LogP contribution in [0.5, 0.6) is 0 Å². The summed E-state index contributed by atoms with van der Waals surface area (Å²) in [5.74, 6) is 0.741. The molecule has 2 nitrogen and oxygen atoms in total. The molecule has 0 aliphatic carbocycles. The van der Waals surface area contributed by atoms with E-state index in [4.69, 9.17) is 11.6 Å². The minimum atomic E-state index is 0.210. The molecule has 0 saturated carbocycles.